The van der Waals surface area contributed by atoms with E-state index in [9.17, 15) is 0 Å². The first-order chi connectivity index (χ1) is 10.2. The van der Waals surface area contributed by atoms with Crippen LogP contribution >= 0.6 is 11.3 Å². The molecule has 0 unspecified atom stereocenters. The van der Waals surface area contributed by atoms with Crippen LogP contribution in [-0.2, 0) is 16.7 Å². The highest BCUT2D eigenvalue weighted by atomic mass is 32.1. The number of nitrogens with zero attached hydrogens (tertiary/aromatic N) is 1. The highest BCUT2D eigenvalue weighted by Gasteiger charge is 2.35. The molecular weight excluding hydrogens is 280 g/mol. The van der Waals surface area contributed by atoms with Crippen LogP contribution in [0.25, 0.3) is 0 Å². The molecule has 1 aliphatic carbocycles. The first-order valence-corrected chi connectivity index (χ1v) is 9.24. The van der Waals surface area contributed by atoms with E-state index in [4.69, 9.17) is 9.72 Å². The molecule has 1 aromatic heterocycles. The molecule has 0 amide bonds. The Hall–Kier alpha value is -0.450. The van der Waals surface area contributed by atoms with Crippen molar-refractivity contribution >= 4 is 11.3 Å². The van der Waals surface area contributed by atoms with Gasteiger partial charge in [0.25, 0.3) is 0 Å². The molecule has 3 nitrogen and oxygen atoms in total. The van der Waals surface area contributed by atoms with Gasteiger partial charge in [-0.15, -0.1) is 11.3 Å². The molecule has 1 aromatic rings. The first kappa shape index (κ1) is 16.9. The maximum absolute atomic E-state index is 5.24. The summed E-state index contributed by atoms with van der Waals surface area (Å²) in [6.07, 6.45) is 10.2. The van der Waals surface area contributed by atoms with Crippen molar-refractivity contribution in [3.63, 3.8) is 0 Å². The van der Waals surface area contributed by atoms with E-state index >= 15 is 0 Å². The van der Waals surface area contributed by atoms with Crippen molar-refractivity contribution in [3.8, 4) is 0 Å². The van der Waals surface area contributed by atoms with Crippen LogP contribution in [0.15, 0.2) is 0 Å². The lowest BCUT2D eigenvalue weighted by Crippen LogP contribution is -2.44. The number of nitrogens with one attached hydrogen (secondary N) is 1. The van der Waals surface area contributed by atoms with Gasteiger partial charge in [0.15, 0.2) is 0 Å². The lowest BCUT2D eigenvalue weighted by molar-refractivity contribution is 0.171. The molecule has 0 bridgehead atoms. The second-order valence-corrected chi connectivity index (χ2v) is 7.35. The number of rotatable bonds is 6. The Morgan fingerprint density at radius 1 is 1.19 bits per heavy atom. The predicted molar refractivity (Wildman–Crippen MR) is 90.1 cm³/mol. The van der Waals surface area contributed by atoms with Crippen LogP contribution in [0.4, 0.5) is 0 Å². The maximum atomic E-state index is 5.24. The molecule has 4 heteroatoms. The Labute approximate surface area is 133 Å². The van der Waals surface area contributed by atoms with Gasteiger partial charge in [0.05, 0.1) is 17.8 Å². The smallest absolute Gasteiger partial charge is 0.113 e. The van der Waals surface area contributed by atoms with E-state index in [-0.39, 0.29) is 5.54 Å². The highest BCUT2D eigenvalue weighted by Crippen LogP contribution is 2.38. The Morgan fingerprint density at radius 3 is 2.43 bits per heavy atom. The van der Waals surface area contributed by atoms with Gasteiger partial charge in [0.1, 0.15) is 5.01 Å². The van der Waals surface area contributed by atoms with Gasteiger partial charge in [0, 0.05) is 18.5 Å². The standard InChI is InChI=1S/C17H30N2OS/c1-4-15-14(2)21-16(19-15)17(18-12-13-20-3)10-8-6-5-7-9-11-17/h18H,4-13H2,1-3H3. The molecule has 120 valence electrons. The SMILES string of the molecule is CCc1nc(C2(NCCOC)CCCCCCC2)sc1C. The monoisotopic (exact) mass is 310 g/mol. The summed E-state index contributed by atoms with van der Waals surface area (Å²) in [5.41, 5.74) is 1.37. The quantitative estimate of drug-likeness (QED) is 0.800. The van der Waals surface area contributed by atoms with E-state index in [1.165, 1.54) is 60.5 Å². The van der Waals surface area contributed by atoms with Crippen LogP contribution in [0.1, 0.15) is 67.4 Å². The van der Waals surface area contributed by atoms with E-state index < -0.39 is 0 Å². The molecule has 1 fully saturated rings. The van der Waals surface area contributed by atoms with Gasteiger partial charge in [-0.3, -0.25) is 0 Å². The number of hydrogen-bond donors (Lipinski definition) is 1. The third kappa shape index (κ3) is 4.27. The highest BCUT2D eigenvalue weighted by molar-refractivity contribution is 7.11. The summed E-state index contributed by atoms with van der Waals surface area (Å²) in [4.78, 5) is 6.38. The first-order valence-electron chi connectivity index (χ1n) is 8.42. The van der Waals surface area contributed by atoms with Gasteiger partial charge in [-0.05, 0) is 26.2 Å². The third-order valence-corrected chi connectivity index (χ3v) is 5.83. The molecule has 1 N–H and O–H groups in total. The Balaban J connectivity index is 2.23. The lowest BCUT2D eigenvalue weighted by atomic mass is 9.84. The van der Waals surface area contributed by atoms with Crippen molar-refractivity contribution in [1.82, 2.24) is 10.3 Å². The summed E-state index contributed by atoms with van der Waals surface area (Å²) in [6.45, 7) is 6.10. The average molecular weight is 311 g/mol. The molecule has 0 radical (unpaired) electrons. The van der Waals surface area contributed by atoms with Crippen molar-refractivity contribution in [3.05, 3.63) is 15.6 Å². The van der Waals surface area contributed by atoms with Gasteiger partial charge >= 0.3 is 0 Å². The zero-order valence-electron chi connectivity index (χ0n) is 13.8. The van der Waals surface area contributed by atoms with Crippen LogP contribution in [0.3, 0.4) is 0 Å². The minimum Gasteiger partial charge on any atom is -0.383 e. The largest absolute Gasteiger partial charge is 0.383 e. The molecule has 0 aliphatic heterocycles. The van der Waals surface area contributed by atoms with Crippen molar-refractivity contribution in [2.75, 3.05) is 20.3 Å². The molecule has 0 aromatic carbocycles. The number of aromatic nitrogens is 1. The molecule has 1 aliphatic rings. The van der Waals surface area contributed by atoms with E-state index in [0.717, 1.165) is 19.6 Å². The van der Waals surface area contributed by atoms with Crippen LogP contribution in [-0.4, -0.2) is 25.2 Å². The van der Waals surface area contributed by atoms with Crippen molar-refractivity contribution < 1.29 is 4.74 Å². The number of aryl methyl sites for hydroxylation is 2. The number of hydrogen-bond acceptors (Lipinski definition) is 4. The second kappa shape index (κ2) is 8.25. The fourth-order valence-electron chi connectivity index (χ4n) is 3.33. The van der Waals surface area contributed by atoms with Gasteiger partial charge in [-0.25, -0.2) is 4.98 Å². The Kier molecular flexibility index (Phi) is 6.65. The zero-order valence-corrected chi connectivity index (χ0v) is 14.7. The van der Waals surface area contributed by atoms with Crippen molar-refractivity contribution in [1.29, 1.82) is 0 Å². The summed E-state index contributed by atoms with van der Waals surface area (Å²) < 4.78 is 5.24. The third-order valence-electron chi connectivity index (χ3n) is 4.61. The number of methoxy groups -OCH3 is 1. The Bertz CT molecular complexity index is 422. The molecular formula is C17H30N2OS. The summed E-state index contributed by atoms with van der Waals surface area (Å²) in [6, 6.07) is 0. The summed E-state index contributed by atoms with van der Waals surface area (Å²) in [5.74, 6) is 0. The summed E-state index contributed by atoms with van der Waals surface area (Å²) >= 11 is 1.90. The number of ether oxygens (including phenoxy) is 1. The molecule has 1 saturated carbocycles. The average Bonchev–Trinajstić information content (AvgIpc) is 2.83. The molecule has 2 rings (SSSR count). The topological polar surface area (TPSA) is 34.2 Å². The fraction of sp³-hybridized carbons (Fsp3) is 0.824. The molecule has 0 saturated heterocycles. The normalized spacial score (nSPS) is 19.2. The molecule has 1 heterocycles. The molecule has 21 heavy (non-hydrogen) atoms. The van der Waals surface area contributed by atoms with E-state index in [2.05, 4.69) is 19.2 Å². The van der Waals surface area contributed by atoms with Gasteiger partial charge in [-0.2, -0.15) is 0 Å². The predicted octanol–water partition coefficient (Wildman–Crippen LogP) is 4.19. The van der Waals surface area contributed by atoms with Crippen molar-refractivity contribution in [2.24, 2.45) is 0 Å². The van der Waals surface area contributed by atoms with Crippen LogP contribution in [0.2, 0.25) is 0 Å². The van der Waals surface area contributed by atoms with Gasteiger partial charge in [-0.1, -0.05) is 39.0 Å². The Morgan fingerprint density at radius 2 is 1.86 bits per heavy atom. The van der Waals surface area contributed by atoms with E-state index in [1.807, 2.05) is 11.3 Å². The minimum absolute atomic E-state index is 0.0851. The van der Waals surface area contributed by atoms with Crippen molar-refractivity contribution in [2.45, 2.75) is 70.8 Å². The summed E-state index contributed by atoms with van der Waals surface area (Å²) in [7, 11) is 1.77. The van der Waals surface area contributed by atoms with Crippen LogP contribution in [0.5, 0.6) is 0 Å². The number of thiazole rings is 1. The van der Waals surface area contributed by atoms with Gasteiger partial charge in [0.2, 0.25) is 0 Å². The van der Waals surface area contributed by atoms with E-state index in [1.54, 1.807) is 7.11 Å². The maximum Gasteiger partial charge on any atom is 0.113 e. The molecule has 0 atom stereocenters. The zero-order chi connectivity index (χ0) is 15.1. The lowest BCUT2D eigenvalue weighted by Gasteiger charge is -2.35. The minimum atomic E-state index is 0.0851. The summed E-state index contributed by atoms with van der Waals surface area (Å²) in [5, 5.41) is 5.12. The van der Waals surface area contributed by atoms with E-state index in [0.29, 0.717) is 0 Å². The van der Waals surface area contributed by atoms with Crippen LogP contribution < -0.4 is 5.32 Å². The second-order valence-electron chi connectivity index (χ2n) is 6.14. The van der Waals surface area contributed by atoms with Crippen LogP contribution in [0, 0.1) is 6.92 Å². The van der Waals surface area contributed by atoms with Gasteiger partial charge < -0.3 is 10.1 Å². The molecule has 0 spiro atoms. The fourth-order valence-corrected chi connectivity index (χ4v) is 4.55.